The molecule has 1 saturated carbocycles. The predicted octanol–water partition coefficient (Wildman–Crippen LogP) is 2.39. The van der Waals surface area contributed by atoms with Gasteiger partial charge in [-0.25, -0.2) is 22.0 Å². The lowest BCUT2D eigenvalue weighted by Gasteiger charge is -2.15. The summed E-state index contributed by atoms with van der Waals surface area (Å²) in [6.07, 6.45) is 0.507. The Morgan fingerprint density at radius 2 is 1.40 bits per heavy atom. The standard InChI is InChI=1S/C11H7F5N2OS/c12-3-4(13)6(15)8(7(16)5(3)14)18-10(19)11(1-2-11)9(17)20/h1-2H2,(H2,17,20)(H,18,19). The van der Waals surface area contributed by atoms with Crippen LogP contribution < -0.4 is 11.1 Å². The van der Waals surface area contributed by atoms with Crippen molar-refractivity contribution in [3.05, 3.63) is 29.1 Å². The molecule has 1 aliphatic rings. The van der Waals surface area contributed by atoms with Crippen LogP contribution in [0.25, 0.3) is 0 Å². The minimum absolute atomic E-state index is 0.195. The Kier molecular flexibility index (Phi) is 3.41. The summed E-state index contributed by atoms with van der Waals surface area (Å²) in [5, 5.41) is 1.67. The van der Waals surface area contributed by atoms with E-state index >= 15 is 0 Å². The van der Waals surface area contributed by atoms with Gasteiger partial charge >= 0.3 is 0 Å². The molecule has 0 heterocycles. The zero-order chi connectivity index (χ0) is 15.2. The molecular formula is C11H7F5N2OS. The van der Waals surface area contributed by atoms with Crippen LogP contribution in [0.3, 0.4) is 0 Å². The number of anilines is 1. The van der Waals surface area contributed by atoms with E-state index in [9.17, 15) is 26.7 Å². The highest BCUT2D eigenvalue weighted by Crippen LogP contribution is 2.47. The van der Waals surface area contributed by atoms with Gasteiger partial charge in [0.25, 0.3) is 0 Å². The van der Waals surface area contributed by atoms with Gasteiger partial charge < -0.3 is 11.1 Å². The Balaban J connectivity index is 2.41. The number of amides is 1. The van der Waals surface area contributed by atoms with Gasteiger partial charge in [-0.3, -0.25) is 4.79 Å². The average Bonchev–Trinajstić information content (AvgIpc) is 3.20. The number of carbonyl (C=O) groups is 1. The van der Waals surface area contributed by atoms with Crippen LogP contribution in [-0.2, 0) is 4.79 Å². The number of halogens is 5. The third-order valence-corrected chi connectivity index (χ3v) is 3.50. The smallest absolute Gasteiger partial charge is 0.237 e. The molecular weight excluding hydrogens is 303 g/mol. The number of benzene rings is 1. The van der Waals surface area contributed by atoms with Gasteiger partial charge in [-0.2, -0.15) is 0 Å². The van der Waals surface area contributed by atoms with Crippen LogP contribution in [0, 0.1) is 34.5 Å². The summed E-state index contributed by atoms with van der Waals surface area (Å²) in [6, 6.07) is 0. The third kappa shape index (κ3) is 2.01. The summed E-state index contributed by atoms with van der Waals surface area (Å²) in [6.45, 7) is 0. The fraction of sp³-hybridized carbons (Fsp3) is 0.273. The van der Waals surface area contributed by atoms with Crippen molar-refractivity contribution in [1.29, 1.82) is 0 Å². The lowest BCUT2D eigenvalue weighted by atomic mass is 10.1. The van der Waals surface area contributed by atoms with E-state index < -0.39 is 46.1 Å². The quantitative estimate of drug-likeness (QED) is 0.390. The molecule has 0 unspecified atom stereocenters. The van der Waals surface area contributed by atoms with E-state index in [4.69, 9.17) is 5.73 Å². The Morgan fingerprint density at radius 3 is 1.75 bits per heavy atom. The highest BCUT2D eigenvalue weighted by Gasteiger charge is 2.53. The second-order valence-corrected chi connectivity index (χ2v) is 4.79. The van der Waals surface area contributed by atoms with Gasteiger partial charge in [-0.05, 0) is 12.8 Å². The monoisotopic (exact) mass is 310 g/mol. The van der Waals surface area contributed by atoms with Gasteiger partial charge in [0.2, 0.25) is 11.7 Å². The molecule has 9 heteroatoms. The highest BCUT2D eigenvalue weighted by molar-refractivity contribution is 7.80. The topological polar surface area (TPSA) is 55.1 Å². The SMILES string of the molecule is NC(=S)C1(C(=O)Nc2c(F)c(F)c(F)c(F)c2F)CC1. The molecule has 3 nitrogen and oxygen atoms in total. The lowest BCUT2D eigenvalue weighted by molar-refractivity contribution is -0.119. The zero-order valence-corrected chi connectivity index (χ0v) is 10.5. The second kappa shape index (κ2) is 4.65. The average molecular weight is 310 g/mol. The number of hydrogen-bond acceptors (Lipinski definition) is 2. The van der Waals surface area contributed by atoms with Gasteiger partial charge in [0.05, 0.1) is 10.4 Å². The third-order valence-electron chi connectivity index (χ3n) is 3.10. The molecule has 1 amide bonds. The number of rotatable bonds is 3. The normalized spacial score (nSPS) is 15.8. The van der Waals surface area contributed by atoms with Gasteiger partial charge in [-0.15, -0.1) is 0 Å². The molecule has 2 rings (SSSR count). The molecule has 0 atom stereocenters. The van der Waals surface area contributed by atoms with E-state index in [1.54, 1.807) is 5.32 Å². The van der Waals surface area contributed by atoms with Crippen molar-refractivity contribution >= 4 is 28.8 Å². The van der Waals surface area contributed by atoms with E-state index in [0.717, 1.165) is 0 Å². The van der Waals surface area contributed by atoms with Gasteiger partial charge in [0.1, 0.15) is 5.69 Å². The van der Waals surface area contributed by atoms with E-state index in [2.05, 4.69) is 12.2 Å². The van der Waals surface area contributed by atoms with Crippen LogP contribution in [0.2, 0.25) is 0 Å². The summed E-state index contributed by atoms with van der Waals surface area (Å²) >= 11 is 4.65. The van der Waals surface area contributed by atoms with Crippen molar-refractivity contribution in [2.45, 2.75) is 12.8 Å². The van der Waals surface area contributed by atoms with Crippen LogP contribution >= 0.6 is 12.2 Å². The summed E-state index contributed by atoms with van der Waals surface area (Å²) in [4.78, 5) is 11.6. The molecule has 1 aromatic rings. The van der Waals surface area contributed by atoms with E-state index in [-0.39, 0.29) is 17.8 Å². The molecule has 1 aliphatic carbocycles. The molecule has 3 N–H and O–H groups in total. The Bertz CT molecular complexity index is 601. The summed E-state index contributed by atoms with van der Waals surface area (Å²) < 4.78 is 65.5. The Morgan fingerprint density at radius 1 is 1.00 bits per heavy atom. The molecule has 108 valence electrons. The Labute approximate surface area is 114 Å². The first-order valence-corrected chi connectivity index (χ1v) is 5.76. The number of nitrogens with two attached hydrogens (primary N) is 1. The second-order valence-electron chi connectivity index (χ2n) is 4.35. The lowest BCUT2D eigenvalue weighted by Crippen LogP contribution is -2.35. The molecule has 0 spiro atoms. The number of nitrogens with one attached hydrogen (secondary N) is 1. The number of thiocarbonyl (C=S) groups is 1. The zero-order valence-electron chi connectivity index (χ0n) is 9.70. The summed E-state index contributed by atoms with van der Waals surface area (Å²) in [5.74, 6) is -11.8. The van der Waals surface area contributed by atoms with Crippen LogP contribution in [0.15, 0.2) is 0 Å². The maximum absolute atomic E-state index is 13.4. The molecule has 0 aliphatic heterocycles. The van der Waals surface area contributed by atoms with Crippen LogP contribution in [0.1, 0.15) is 12.8 Å². The number of hydrogen-bond donors (Lipinski definition) is 2. The van der Waals surface area contributed by atoms with E-state index in [1.807, 2.05) is 0 Å². The van der Waals surface area contributed by atoms with Crippen molar-refractivity contribution in [2.24, 2.45) is 11.1 Å². The van der Waals surface area contributed by atoms with Crippen molar-refractivity contribution < 1.29 is 26.7 Å². The van der Waals surface area contributed by atoms with Crippen molar-refractivity contribution in [2.75, 3.05) is 5.32 Å². The van der Waals surface area contributed by atoms with Gasteiger partial charge in [0, 0.05) is 0 Å². The largest absolute Gasteiger partial charge is 0.392 e. The molecule has 0 radical (unpaired) electrons. The molecule has 0 bridgehead atoms. The van der Waals surface area contributed by atoms with Gasteiger partial charge in [0.15, 0.2) is 23.3 Å². The maximum Gasteiger partial charge on any atom is 0.237 e. The highest BCUT2D eigenvalue weighted by atomic mass is 32.1. The first kappa shape index (κ1) is 14.6. The van der Waals surface area contributed by atoms with Crippen molar-refractivity contribution in [1.82, 2.24) is 0 Å². The van der Waals surface area contributed by atoms with Gasteiger partial charge in [-0.1, -0.05) is 12.2 Å². The van der Waals surface area contributed by atoms with E-state index in [1.165, 1.54) is 0 Å². The summed E-state index contributed by atoms with van der Waals surface area (Å²) in [7, 11) is 0. The number of carbonyl (C=O) groups excluding carboxylic acids is 1. The fourth-order valence-corrected chi connectivity index (χ4v) is 1.95. The minimum Gasteiger partial charge on any atom is -0.392 e. The van der Waals surface area contributed by atoms with Crippen LogP contribution in [0.4, 0.5) is 27.6 Å². The fourth-order valence-electron chi connectivity index (χ4n) is 1.66. The summed E-state index contributed by atoms with van der Waals surface area (Å²) in [5.41, 5.74) is 2.63. The molecule has 1 aromatic carbocycles. The van der Waals surface area contributed by atoms with Crippen molar-refractivity contribution in [3.63, 3.8) is 0 Å². The first-order chi connectivity index (χ1) is 9.22. The van der Waals surface area contributed by atoms with E-state index in [0.29, 0.717) is 0 Å². The minimum atomic E-state index is -2.30. The van der Waals surface area contributed by atoms with Crippen LogP contribution in [0.5, 0.6) is 0 Å². The maximum atomic E-state index is 13.4. The predicted molar refractivity (Wildman–Crippen MR) is 63.3 cm³/mol. The molecule has 0 aromatic heterocycles. The van der Waals surface area contributed by atoms with Crippen LogP contribution in [-0.4, -0.2) is 10.9 Å². The molecule has 0 saturated heterocycles. The van der Waals surface area contributed by atoms with Crippen molar-refractivity contribution in [3.8, 4) is 0 Å². The first-order valence-electron chi connectivity index (χ1n) is 5.35. The Hall–Kier alpha value is -1.77. The molecule has 20 heavy (non-hydrogen) atoms. The molecule has 1 fully saturated rings.